The van der Waals surface area contributed by atoms with Gasteiger partial charge in [0.1, 0.15) is 24.0 Å². The number of hydrogen-bond acceptors (Lipinski definition) is 6. The van der Waals surface area contributed by atoms with Crippen LogP contribution >= 0.6 is 0 Å². The molecule has 0 unspecified atom stereocenters. The second-order valence-corrected chi connectivity index (χ2v) is 14.5. The van der Waals surface area contributed by atoms with Crippen LogP contribution < -0.4 is 10.6 Å². The highest BCUT2D eigenvalue weighted by Gasteiger charge is 2.47. The Kier molecular flexibility index (Phi) is 10.8. The molecule has 2 aromatic rings. The number of likely N-dealkylation sites (tertiary alicyclic amines) is 1. The maximum atomic E-state index is 14.1. The quantitative estimate of drug-likeness (QED) is 0.263. The van der Waals surface area contributed by atoms with Crippen LogP contribution in [0.1, 0.15) is 89.0 Å². The Labute approximate surface area is 275 Å². The van der Waals surface area contributed by atoms with Crippen LogP contribution in [-0.2, 0) is 19.1 Å². The van der Waals surface area contributed by atoms with Crippen molar-refractivity contribution in [2.75, 3.05) is 25.6 Å². The number of halogens is 1. The second-order valence-electron chi connectivity index (χ2n) is 14.5. The minimum atomic E-state index is -1.06. The lowest BCUT2D eigenvalue weighted by atomic mass is 9.75. The molecule has 4 N–H and O–H groups in total. The standard InChI is InChI=1S/C35H49FN4O7/c1-35(2,3)47-34(45)39-29(19-36)21-5-7-22(8-6-21)32(42)40-16-15-26(20-9-12-25(46-4)13-10-20)30(40)31(41)37-24-11-14-27-23(17-24)18-28(38-27)33(43)44/h11,14,17-18,20-22,25-26,29-30,38H,5-10,12-13,15-16,19H2,1-4H3,(H,37,41)(H,39,45)(H,43,44)/t20?,21?,22?,25?,26-,29-,30+/m1/s1. The van der Waals surface area contributed by atoms with Crippen LogP contribution in [-0.4, -0.2) is 83.0 Å². The van der Waals surface area contributed by atoms with Crippen LogP contribution in [0.2, 0.25) is 0 Å². The maximum absolute atomic E-state index is 14.1. The number of aromatic carboxylic acids is 1. The summed E-state index contributed by atoms with van der Waals surface area (Å²) in [5.74, 6) is -1.43. The second kappa shape index (κ2) is 14.6. The molecule has 1 aliphatic heterocycles. The van der Waals surface area contributed by atoms with Crippen molar-refractivity contribution in [1.82, 2.24) is 15.2 Å². The molecular weight excluding hydrogens is 607 g/mol. The number of aromatic amines is 1. The molecule has 11 nitrogen and oxygen atoms in total. The molecule has 1 aromatic carbocycles. The molecule has 47 heavy (non-hydrogen) atoms. The summed E-state index contributed by atoms with van der Waals surface area (Å²) in [5.41, 5.74) is 0.566. The molecule has 3 atom stereocenters. The number of nitrogens with zero attached hydrogens (tertiary/aromatic N) is 1. The molecule has 12 heteroatoms. The van der Waals surface area contributed by atoms with Crippen LogP contribution in [0.25, 0.3) is 10.9 Å². The van der Waals surface area contributed by atoms with Gasteiger partial charge >= 0.3 is 12.1 Å². The lowest BCUT2D eigenvalue weighted by Gasteiger charge is -2.38. The summed E-state index contributed by atoms with van der Waals surface area (Å²) in [4.78, 5) is 56.6. The summed E-state index contributed by atoms with van der Waals surface area (Å²) in [7, 11) is 1.73. The number of carboxylic acid groups (broad SMARTS) is 1. The van der Waals surface area contributed by atoms with Gasteiger partial charge in [-0.3, -0.25) is 9.59 Å². The zero-order chi connectivity index (χ0) is 33.9. The van der Waals surface area contributed by atoms with Crippen molar-refractivity contribution in [2.24, 2.45) is 23.7 Å². The molecule has 2 saturated carbocycles. The highest BCUT2D eigenvalue weighted by atomic mass is 19.1. The van der Waals surface area contributed by atoms with Gasteiger partial charge in [0.05, 0.1) is 12.1 Å². The van der Waals surface area contributed by atoms with E-state index in [1.807, 2.05) is 0 Å². The lowest BCUT2D eigenvalue weighted by Crippen LogP contribution is -2.50. The van der Waals surface area contributed by atoms with Gasteiger partial charge < -0.3 is 35.1 Å². The summed E-state index contributed by atoms with van der Waals surface area (Å²) in [6.45, 7) is 5.05. The predicted octanol–water partition coefficient (Wildman–Crippen LogP) is 5.90. The molecule has 1 aromatic heterocycles. The van der Waals surface area contributed by atoms with E-state index in [0.717, 1.165) is 32.1 Å². The number of alkyl halides is 1. The molecule has 2 aliphatic carbocycles. The Morgan fingerprint density at radius 1 is 1.02 bits per heavy atom. The van der Waals surface area contributed by atoms with Crippen molar-refractivity contribution < 1.29 is 38.1 Å². The summed E-state index contributed by atoms with van der Waals surface area (Å²) in [6.07, 6.45) is 6.31. The average Bonchev–Trinajstić information content (AvgIpc) is 3.68. The van der Waals surface area contributed by atoms with E-state index >= 15 is 0 Å². The third kappa shape index (κ3) is 8.25. The molecule has 5 rings (SSSR count). The van der Waals surface area contributed by atoms with Crippen LogP contribution in [0.15, 0.2) is 24.3 Å². The van der Waals surface area contributed by atoms with E-state index in [4.69, 9.17) is 9.47 Å². The summed E-state index contributed by atoms with van der Waals surface area (Å²) in [6, 6.07) is 5.43. The largest absolute Gasteiger partial charge is 0.477 e. The molecule has 0 radical (unpaired) electrons. The number of anilines is 1. The minimum Gasteiger partial charge on any atom is -0.477 e. The van der Waals surface area contributed by atoms with Gasteiger partial charge in [0, 0.05) is 36.2 Å². The topological polar surface area (TPSA) is 150 Å². The number of ether oxygens (including phenoxy) is 2. The number of H-pyrrole nitrogens is 1. The van der Waals surface area contributed by atoms with Gasteiger partial charge in [0.15, 0.2) is 0 Å². The predicted molar refractivity (Wildman–Crippen MR) is 175 cm³/mol. The van der Waals surface area contributed by atoms with Gasteiger partial charge in [-0.15, -0.1) is 0 Å². The van der Waals surface area contributed by atoms with Crippen LogP contribution in [0.4, 0.5) is 14.9 Å². The van der Waals surface area contributed by atoms with Gasteiger partial charge in [-0.2, -0.15) is 0 Å². The van der Waals surface area contributed by atoms with Gasteiger partial charge in [0.25, 0.3) is 0 Å². The highest BCUT2D eigenvalue weighted by Crippen LogP contribution is 2.42. The molecule has 3 amide bonds. The SMILES string of the molecule is COC1CCC([C@H]2CCN(C(=O)C3CCC([C@@H](CF)NC(=O)OC(C)(C)C)CC3)[C@@H]2C(=O)Nc2ccc3[nH]c(C(=O)O)cc3c2)CC1. The number of nitrogens with one attached hydrogen (secondary N) is 3. The Hall–Kier alpha value is -3.67. The van der Waals surface area contributed by atoms with E-state index in [-0.39, 0.29) is 41.4 Å². The van der Waals surface area contributed by atoms with E-state index in [1.165, 1.54) is 6.07 Å². The average molecular weight is 657 g/mol. The Balaban J connectivity index is 1.28. The smallest absolute Gasteiger partial charge is 0.407 e. The molecule has 3 aliphatic rings. The molecule has 3 fully saturated rings. The number of aromatic nitrogens is 1. The van der Waals surface area contributed by atoms with E-state index in [1.54, 1.807) is 51.0 Å². The third-order valence-corrected chi connectivity index (χ3v) is 10.3. The fourth-order valence-electron chi connectivity index (χ4n) is 7.93. The van der Waals surface area contributed by atoms with Crippen molar-refractivity contribution in [3.8, 4) is 0 Å². The molecular formula is C35H49FN4O7. The van der Waals surface area contributed by atoms with Crippen molar-refractivity contribution in [3.63, 3.8) is 0 Å². The number of carboxylic acids is 1. The molecule has 1 saturated heterocycles. The van der Waals surface area contributed by atoms with Gasteiger partial charge in [-0.25, -0.2) is 14.0 Å². The van der Waals surface area contributed by atoms with Crippen molar-refractivity contribution >= 4 is 40.5 Å². The fourth-order valence-corrected chi connectivity index (χ4v) is 7.93. The normalized spacial score (nSPS) is 27.3. The zero-order valence-corrected chi connectivity index (χ0v) is 27.9. The molecule has 0 bridgehead atoms. The van der Waals surface area contributed by atoms with Gasteiger partial charge in [-0.05, 0) is 121 Å². The monoisotopic (exact) mass is 656 g/mol. The number of carbonyl (C=O) groups excluding carboxylic acids is 3. The van der Waals surface area contributed by atoms with Crippen LogP contribution in [0.5, 0.6) is 0 Å². The van der Waals surface area contributed by atoms with E-state index in [9.17, 15) is 28.7 Å². The van der Waals surface area contributed by atoms with Crippen molar-refractivity contribution in [3.05, 3.63) is 30.0 Å². The number of carbonyl (C=O) groups is 4. The minimum absolute atomic E-state index is 0.0108. The first-order valence-electron chi connectivity index (χ1n) is 16.9. The summed E-state index contributed by atoms with van der Waals surface area (Å²) < 4.78 is 24.9. The number of amides is 3. The highest BCUT2D eigenvalue weighted by molar-refractivity contribution is 6.00. The van der Waals surface area contributed by atoms with Gasteiger partial charge in [0.2, 0.25) is 11.8 Å². The number of fused-ring (bicyclic) bond motifs is 1. The van der Waals surface area contributed by atoms with E-state index < -0.39 is 36.4 Å². The van der Waals surface area contributed by atoms with E-state index in [2.05, 4.69) is 15.6 Å². The Morgan fingerprint density at radius 3 is 2.34 bits per heavy atom. The first kappa shape index (κ1) is 34.7. The number of methoxy groups -OCH3 is 1. The summed E-state index contributed by atoms with van der Waals surface area (Å²) >= 11 is 0. The zero-order valence-electron chi connectivity index (χ0n) is 27.9. The molecule has 258 valence electrons. The number of hydrogen-bond donors (Lipinski definition) is 4. The number of rotatable bonds is 9. The number of benzene rings is 1. The lowest BCUT2D eigenvalue weighted by molar-refractivity contribution is -0.142. The fraction of sp³-hybridized carbons (Fsp3) is 0.657. The Morgan fingerprint density at radius 2 is 1.72 bits per heavy atom. The maximum Gasteiger partial charge on any atom is 0.407 e. The van der Waals surface area contributed by atoms with Crippen molar-refractivity contribution in [1.29, 1.82) is 0 Å². The number of alkyl carbamates (subject to hydrolysis) is 1. The molecule has 0 spiro atoms. The third-order valence-electron chi connectivity index (χ3n) is 10.3. The summed E-state index contributed by atoms with van der Waals surface area (Å²) in [5, 5.41) is 15.7. The van der Waals surface area contributed by atoms with Crippen molar-refractivity contribution in [2.45, 2.75) is 102 Å². The van der Waals surface area contributed by atoms with Crippen LogP contribution in [0.3, 0.4) is 0 Å². The first-order chi connectivity index (χ1) is 22.4. The van der Waals surface area contributed by atoms with Gasteiger partial charge in [-0.1, -0.05) is 0 Å². The first-order valence-corrected chi connectivity index (χ1v) is 16.9. The Bertz CT molecular complexity index is 1440. The van der Waals surface area contributed by atoms with E-state index in [0.29, 0.717) is 54.7 Å². The van der Waals surface area contributed by atoms with Crippen LogP contribution in [0, 0.1) is 23.7 Å². The molecule has 2 heterocycles.